The minimum Gasteiger partial charge on any atom is -0.490 e. The molecule has 11 heteroatoms. The van der Waals surface area contributed by atoms with Crippen LogP contribution >= 0.6 is 0 Å². The monoisotopic (exact) mass is 1690 g/mol. The molecule has 8 unspecified atom stereocenters. The number of ether oxygens (including phenoxy) is 5. The molecule has 6 aliphatic carbocycles. The molecule has 1 aromatic heterocycles. The molecular formula is C114H160N6O5. The number of aryl methyl sites for hydroxylation is 6. The van der Waals surface area contributed by atoms with Gasteiger partial charge >= 0.3 is 0 Å². The highest BCUT2D eigenvalue weighted by molar-refractivity contribution is 5.41. The highest BCUT2D eigenvalue weighted by Gasteiger charge is 2.33. The van der Waals surface area contributed by atoms with Gasteiger partial charge in [0.15, 0.2) is 0 Å². The van der Waals surface area contributed by atoms with Gasteiger partial charge in [0.25, 0.3) is 0 Å². The van der Waals surface area contributed by atoms with E-state index in [1.54, 1.807) is 0 Å². The van der Waals surface area contributed by atoms with E-state index in [0.717, 1.165) is 128 Å². The Balaban J connectivity index is 0.000000152. The second-order valence-corrected chi connectivity index (χ2v) is 38.9. The third kappa shape index (κ3) is 36.3. The summed E-state index contributed by atoms with van der Waals surface area (Å²) in [7, 11) is 0. The van der Waals surface area contributed by atoms with Gasteiger partial charge < -0.3 is 50.3 Å². The van der Waals surface area contributed by atoms with Crippen LogP contribution in [0.2, 0.25) is 0 Å². The zero-order chi connectivity index (χ0) is 87.6. The molecule has 8 aromatic carbocycles. The van der Waals surface area contributed by atoms with E-state index in [9.17, 15) is 0 Å². The summed E-state index contributed by atoms with van der Waals surface area (Å²) in [6, 6.07) is 76.4. The van der Waals surface area contributed by atoms with Crippen LogP contribution in [0.1, 0.15) is 245 Å². The number of nitrogens with one attached hydrogen (secondary N) is 5. The van der Waals surface area contributed by atoms with Crippen LogP contribution in [0.25, 0.3) is 0 Å². The van der Waals surface area contributed by atoms with E-state index in [0.29, 0.717) is 54.2 Å². The van der Waals surface area contributed by atoms with Crippen molar-refractivity contribution in [3.8, 4) is 28.7 Å². The molecule has 15 rings (SSSR count). The lowest BCUT2D eigenvalue weighted by atomic mass is 9.79. The smallest absolute Gasteiger partial charge is 0.119 e. The second-order valence-electron chi connectivity index (χ2n) is 38.9. The number of benzene rings is 8. The molecule has 6 fully saturated rings. The Hall–Kier alpha value is -8.45. The fourth-order valence-corrected chi connectivity index (χ4v) is 20.1. The Kier molecular flexibility index (Phi) is 42.0. The Morgan fingerprint density at radius 3 is 0.864 bits per heavy atom. The summed E-state index contributed by atoms with van der Waals surface area (Å²) < 4.78 is 31.4. The molecule has 15 atom stereocenters. The molecule has 6 saturated carbocycles. The summed E-state index contributed by atoms with van der Waals surface area (Å²) in [5, 5.41) is 18.2. The van der Waals surface area contributed by atoms with Crippen molar-refractivity contribution in [3.63, 3.8) is 0 Å². The van der Waals surface area contributed by atoms with Gasteiger partial charge in [0, 0.05) is 44.3 Å². The van der Waals surface area contributed by atoms with Crippen molar-refractivity contribution in [2.45, 2.75) is 287 Å². The van der Waals surface area contributed by atoms with Crippen molar-refractivity contribution < 1.29 is 23.7 Å². The van der Waals surface area contributed by atoms with Crippen molar-refractivity contribution in [3.05, 3.63) is 281 Å². The number of pyridine rings is 1. The van der Waals surface area contributed by atoms with Crippen LogP contribution in [0, 0.1) is 107 Å². The molecule has 1 heterocycles. The first kappa shape index (κ1) is 97.2. The second kappa shape index (κ2) is 54.0. The van der Waals surface area contributed by atoms with Crippen molar-refractivity contribution in [2.75, 3.05) is 44.6 Å². The van der Waals surface area contributed by atoms with E-state index in [1.807, 2.05) is 24.5 Å². The van der Waals surface area contributed by atoms with Gasteiger partial charge in [-0.15, -0.1) is 0 Å². The first-order chi connectivity index (χ1) is 60.9. The minimum atomic E-state index is 0.355. The number of anilines is 1. The molecule has 0 bridgehead atoms. The van der Waals surface area contributed by atoms with Crippen LogP contribution in [-0.4, -0.2) is 74.8 Å². The van der Waals surface area contributed by atoms with Gasteiger partial charge in [-0.1, -0.05) is 205 Å². The highest BCUT2D eigenvalue weighted by Crippen LogP contribution is 2.39. The van der Waals surface area contributed by atoms with Crippen LogP contribution in [0.15, 0.2) is 231 Å². The third-order valence-electron chi connectivity index (χ3n) is 27.9. The number of hydrogen-bond donors (Lipinski definition) is 5. The summed E-state index contributed by atoms with van der Waals surface area (Å²) in [4.78, 5) is 4.06. The number of aromatic nitrogens is 1. The molecule has 5 N–H and O–H groups in total. The first-order valence-electron chi connectivity index (χ1n) is 49.2. The van der Waals surface area contributed by atoms with Gasteiger partial charge in [-0.3, -0.25) is 4.98 Å². The van der Waals surface area contributed by atoms with Crippen molar-refractivity contribution >= 4 is 5.69 Å². The number of rotatable bonds is 34. The lowest BCUT2D eigenvalue weighted by Crippen LogP contribution is -2.35. The first-order valence-corrected chi connectivity index (χ1v) is 49.2. The van der Waals surface area contributed by atoms with Crippen molar-refractivity contribution in [1.29, 1.82) is 0 Å². The Labute approximate surface area is 757 Å². The Morgan fingerprint density at radius 1 is 0.272 bits per heavy atom. The minimum absolute atomic E-state index is 0.355. The summed E-state index contributed by atoms with van der Waals surface area (Å²) in [6.07, 6.45) is 37.8. The van der Waals surface area contributed by atoms with Crippen LogP contribution in [-0.2, 0) is 19.6 Å². The van der Waals surface area contributed by atoms with E-state index in [1.165, 1.54) is 217 Å². The largest absolute Gasteiger partial charge is 0.490 e. The van der Waals surface area contributed by atoms with Crippen molar-refractivity contribution in [2.24, 2.45) is 65.1 Å². The van der Waals surface area contributed by atoms with E-state index in [-0.39, 0.29) is 0 Å². The molecule has 0 saturated heterocycles. The average molecular weight is 1690 g/mol. The fraction of sp³-hybridized carbons (Fsp3) is 0.535. The normalized spacial score (nSPS) is 22.6. The van der Waals surface area contributed by atoms with Gasteiger partial charge in [-0.05, 0) is 398 Å². The maximum absolute atomic E-state index is 6.30. The molecular weight excluding hydrogens is 1530 g/mol. The summed E-state index contributed by atoms with van der Waals surface area (Å²) >= 11 is 0. The van der Waals surface area contributed by atoms with Crippen LogP contribution in [0.3, 0.4) is 0 Å². The van der Waals surface area contributed by atoms with Gasteiger partial charge in [0.1, 0.15) is 28.7 Å². The van der Waals surface area contributed by atoms with Crippen LogP contribution in [0.5, 0.6) is 28.7 Å². The maximum Gasteiger partial charge on any atom is 0.119 e. The maximum atomic E-state index is 6.30. The molecule has 0 spiro atoms. The van der Waals surface area contributed by atoms with E-state index >= 15 is 0 Å². The number of hydrogen-bond acceptors (Lipinski definition) is 11. The van der Waals surface area contributed by atoms with E-state index in [4.69, 9.17) is 23.7 Å². The van der Waals surface area contributed by atoms with Gasteiger partial charge in [-0.2, -0.15) is 0 Å². The van der Waals surface area contributed by atoms with E-state index in [2.05, 4.69) is 314 Å². The van der Waals surface area contributed by atoms with Gasteiger partial charge in [-0.25, -0.2) is 0 Å². The number of nitrogens with zero attached hydrogens (tertiary/aromatic N) is 1. The fourth-order valence-electron chi connectivity index (χ4n) is 20.1. The molecule has 0 amide bonds. The van der Waals surface area contributed by atoms with E-state index < -0.39 is 0 Å². The zero-order valence-electron chi connectivity index (χ0n) is 78.7. The molecule has 0 aliphatic heterocycles. The van der Waals surface area contributed by atoms with Gasteiger partial charge in [0.2, 0.25) is 0 Å². The molecule has 125 heavy (non-hydrogen) atoms. The van der Waals surface area contributed by atoms with Crippen LogP contribution < -0.4 is 50.3 Å². The quantitative estimate of drug-likeness (QED) is 0.0265. The lowest BCUT2D eigenvalue weighted by Gasteiger charge is -2.33. The van der Waals surface area contributed by atoms with Gasteiger partial charge in [0.05, 0.1) is 30.5 Å². The predicted octanol–water partition coefficient (Wildman–Crippen LogP) is 27.2. The predicted molar refractivity (Wildman–Crippen MR) is 525 cm³/mol. The lowest BCUT2D eigenvalue weighted by molar-refractivity contribution is 0.101. The molecule has 6 aliphatic rings. The topological polar surface area (TPSA) is 119 Å². The van der Waals surface area contributed by atoms with Crippen LogP contribution in [0.4, 0.5) is 5.69 Å². The third-order valence-corrected chi connectivity index (χ3v) is 27.9. The molecule has 9 aromatic rings. The standard InChI is InChI=1S/C24H33NO.C23H37NO.2C23H31NO.C21H28N2O/c1-18-10-12-21(13-11-18)17-25-16-20(3)22-7-5-9-24(15-22)26-23-8-4-6-19(2)14-23;3*1-18-8-6-12-22(14-18)25-23-13-7-11-21(15-23)19(2)16-24-17-20-9-4-3-5-10-20;1-16-5-3-7-20(13-16)24-21-8-4-6-18(14-21)17(2)15-23-19-9-11-22-12-10-19/h4,6,8,10-14,20,22,24-25H,5,7,9,15-17H2,1-3H3;6,8,12,14,19-21,23-24H,3-5,7,9-11,13,15-17H2,1-2H3;2*3-6,8-10,12,14,19,21,23-24H,7,11,13,15-17H2,1-2H3;3,5,7,9-13,17-18,21H,4,6,8,14-15H2,1-2H3,(H,22,23)/t20?,22-,24+;2*19?,21?,23-;19?,21-,23+;17?,18?,21-/m01101/s1. The highest BCUT2D eigenvalue weighted by atomic mass is 16.5. The molecule has 676 valence electrons. The van der Waals surface area contributed by atoms with Crippen molar-refractivity contribution in [1.82, 2.24) is 26.3 Å². The summed E-state index contributed by atoms with van der Waals surface area (Å²) in [6.45, 7) is 34.2. The SMILES string of the molecule is Cc1ccc(CNCC(C)[C@H]2CCC[C@@H](Oc3cccc(C)c3)C2)cc1.Cc1cccc(O[C@@H]2CCCC(C(C)CNCC3CCCCC3)C2)c1.Cc1cccc(O[C@@H]2CCCC(C(C)CNCc3ccccc3)C2)c1.Cc1cccc(O[C@@H]2CCCC(C(C)CNc3ccncc3)C2)c1.Cc1cccc(O[C@@H]2CCC[C@H](C(C)CNCc3ccccc3)C2)c1. The summed E-state index contributed by atoms with van der Waals surface area (Å²) in [5.41, 5.74) is 12.9. The zero-order valence-corrected chi connectivity index (χ0v) is 78.7. The summed E-state index contributed by atoms with van der Waals surface area (Å²) in [5.74, 6) is 13.3. The Morgan fingerprint density at radius 2 is 0.560 bits per heavy atom. The molecule has 11 nitrogen and oxygen atoms in total. The average Bonchev–Trinajstić information content (AvgIpc) is 0.873. The molecule has 0 radical (unpaired) electrons. The Bertz CT molecular complexity index is 4270.